The highest BCUT2D eigenvalue weighted by Crippen LogP contribution is 2.30. The summed E-state index contributed by atoms with van der Waals surface area (Å²) in [4.78, 5) is 37.9. The molecule has 33 heavy (non-hydrogen) atoms. The van der Waals surface area contributed by atoms with E-state index in [1.165, 1.54) is 12.3 Å². The average molecular weight is 464 g/mol. The highest BCUT2D eigenvalue weighted by molar-refractivity contribution is 7.13. The lowest BCUT2D eigenvalue weighted by Crippen LogP contribution is -2.49. The summed E-state index contributed by atoms with van der Waals surface area (Å²) in [5.74, 6) is 0.620. The highest BCUT2D eigenvalue weighted by atomic mass is 32.1. The first-order valence-corrected chi connectivity index (χ1v) is 11.3. The van der Waals surface area contributed by atoms with Crippen molar-refractivity contribution in [2.75, 3.05) is 31.1 Å². The molecule has 0 unspecified atom stereocenters. The van der Waals surface area contributed by atoms with Crippen LogP contribution in [-0.4, -0.2) is 61.7 Å². The average Bonchev–Trinajstić information content (AvgIpc) is 3.47. The maximum atomic E-state index is 13.6. The highest BCUT2D eigenvalue weighted by Gasteiger charge is 2.27. The summed E-state index contributed by atoms with van der Waals surface area (Å²) < 4.78 is 1.72. The fraction of sp³-hybridized carbons (Fsp3) is 0.273. The van der Waals surface area contributed by atoms with Gasteiger partial charge in [0.05, 0.1) is 32.1 Å². The van der Waals surface area contributed by atoms with Gasteiger partial charge in [0.2, 0.25) is 0 Å². The zero-order valence-electron chi connectivity index (χ0n) is 18.1. The topological polar surface area (TPSA) is 110 Å². The molecule has 1 fully saturated rings. The molecule has 10 nitrogen and oxygen atoms in total. The third kappa shape index (κ3) is 3.80. The first-order chi connectivity index (χ1) is 15.9. The molecule has 11 heteroatoms. The number of carbonyl (C=O) groups excluding carboxylic acids is 1. The largest absolute Gasteiger partial charge is 0.353 e. The summed E-state index contributed by atoms with van der Waals surface area (Å²) in [7, 11) is 1.84. The van der Waals surface area contributed by atoms with E-state index in [4.69, 9.17) is 4.98 Å². The molecule has 0 N–H and O–H groups in total. The van der Waals surface area contributed by atoms with Crippen LogP contribution >= 0.6 is 11.3 Å². The van der Waals surface area contributed by atoms with E-state index in [0.29, 0.717) is 43.2 Å². The van der Waals surface area contributed by atoms with Gasteiger partial charge in [-0.05, 0) is 30.5 Å². The van der Waals surface area contributed by atoms with Crippen molar-refractivity contribution in [1.82, 2.24) is 24.6 Å². The van der Waals surface area contributed by atoms with Crippen LogP contribution in [0.2, 0.25) is 0 Å². The molecule has 0 aromatic carbocycles. The number of hydrogen-bond acceptors (Lipinski definition) is 8. The molecular formula is C22H21N7O3S. The lowest BCUT2D eigenvalue weighted by atomic mass is 10.1. The predicted molar refractivity (Wildman–Crippen MR) is 126 cm³/mol. The zero-order valence-corrected chi connectivity index (χ0v) is 18.9. The summed E-state index contributed by atoms with van der Waals surface area (Å²) in [5.41, 5.74) is 2.79. The van der Waals surface area contributed by atoms with Gasteiger partial charge in [-0.3, -0.25) is 19.6 Å². The fourth-order valence-corrected chi connectivity index (χ4v) is 4.83. The van der Waals surface area contributed by atoms with Crippen molar-refractivity contribution in [3.8, 4) is 10.6 Å². The zero-order chi connectivity index (χ0) is 23.1. The molecule has 0 bridgehead atoms. The van der Waals surface area contributed by atoms with Crippen molar-refractivity contribution in [2.45, 2.75) is 6.92 Å². The van der Waals surface area contributed by atoms with Crippen LogP contribution in [0.5, 0.6) is 0 Å². The molecule has 1 aliphatic rings. The van der Waals surface area contributed by atoms with Gasteiger partial charge in [0, 0.05) is 39.3 Å². The van der Waals surface area contributed by atoms with Crippen LogP contribution in [0.4, 0.5) is 11.5 Å². The molecular weight excluding hydrogens is 442 g/mol. The Hall–Kier alpha value is -3.86. The van der Waals surface area contributed by atoms with Gasteiger partial charge in [-0.2, -0.15) is 5.10 Å². The quantitative estimate of drug-likeness (QED) is 0.337. The molecule has 168 valence electrons. The standard InChI is InChI=1S/C22H21N7O3S/c1-14-20-16(12-17(18-4-3-11-33-18)24-21(20)26(2)25-14)22(30)28-9-7-27(8-10-28)19-6-5-15(13-23-19)29(31)32/h3-6,11-13H,7-10H2,1-2H3. The molecule has 5 rings (SSSR count). The number of nitro groups is 1. The minimum atomic E-state index is -0.465. The molecule has 0 atom stereocenters. The van der Waals surface area contributed by atoms with Gasteiger partial charge in [-0.1, -0.05) is 6.07 Å². The van der Waals surface area contributed by atoms with Crippen molar-refractivity contribution < 1.29 is 9.72 Å². The van der Waals surface area contributed by atoms with E-state index in [9.17, 15) is 14.9 Å². The number of anilines is 1. The Morgan fingerprint density at radius 1 is 1.18 bits per heavy atom. The third-order valence-electron chi connectivity index (χ3n) is 5.81. The van der Waals surface area contributed by atoms with Crippen LogP contribution in [0.1, 0.15) is 16.1 Å². The van der Waals surface area contributed by atoms with Crippen molar-refractivity contribution >= 4 is 39.8 Å². The molecule has 4 aromatic rings. The van der Waals surface area contributed by atoms with Crippen LogP contribution in [-0.2, 0) is 7.05 Å². The van der Waals surface area contributed by atoms with Crippen LogP contribution in [0.25, 0.3) is 21.6 Å². The fourth-order valence-electron chi connectivity index (χ4n) is 4.15. The first-order valence-electron chi connectivity index (χ1n) is 10.5. The van der Waals surface area contributed by atoms with E-state index >= 15 is 0 Å². The lowest BCUT2D eigenvalue weighted by molar-refractivity contribution is -0.385. The summed E-state index contributed by atoms with van der Waals surface area (Å²) in [6, 6.07) is 8.92. The number of rotatable bonds is 4. The Morgan fingerprint density at radius 2 is 1.97 bits per heavy atom. The van der Waals surface area contributed by atoms with E-state index in [1.807, 2.05) is 47.4 Å². The van der Waals surface area contributed by atoms with E-state index in [-0.39, 0.29) is 11.6 Å². The van der Waals surface area contributed by atoms with Gasteiger partial charge in [0.15, 0.2) is 5.65 Å². The number of pyridine rings is 2. The van der Waals surface area contributed by atoms with E-state index in [0.717, 1.165) is 21.7 Å². The third-order valence-corrected chi connectivity index (χ3v) is 6.70. The number of hydrogen-bond donors (Lipinski definition) is 0. The maximum Gasteiger partial charge on any atom is 0.287 e. The second kappa shape index (κ2) is 8.24. The Bertz CT molecular complexity index is 1340. The number of aryl methyl sites for hydroxylation is 2. The summed E-state index contributed by atoms with van der Waals surface area (Å²) in [5, 5.41) is 18.1. The predicted octanol–water partition coefficient (Wildman–Crippen LogP) is 3.27. The molecule has 0 saturated carbocycles. The van der Waals surface area contributed by atoms with Gasteiger partial charge >= 0.3 is 0 Å². The molecule has 5 heterocycles. The van der Waals surface area contributed by atoms with E-state index in [1.54, 1.807) is 22.1 Å². The molecule has 4 aromatic heterocycles. The monoisotopic (exact) mass is 463 g/mol. The second-order valence-electron chi connectivity index (χ2n) is 7.85. The molecule has 1 saturated heterocycles. The first kappa shape index (κ1) is 21.0. The molecule has 0 radical (unpaired) electrons. The Kier molecular flexibility index (Phi) is 5.25. The minimum absolute atomic E-state index is 0.0392. The van der Waals surface area contributed by atoms with Crippen molar-refractivity contribution in [3.63, 3.8) is 0 Å². The Labute approximate surface area is 193 Å². The van der Waals surface area contributed by atoms with Gasteiger partial charge in [-0.25, -0.2) is 9.97 Å². The minimum Gasteiger partial charge on any atom is -0.353 e. The number of piperazine rings is 1. The molecule has 0 spiro atoms. The Morgan fingerprint density at radius 3 is 2.61 bits per heavy atom. The normalized spacial score (nSPS) is 14.1. The lowest BCUT2D eigenvalue weighted by Gasteiger charge is -2.35. The SMILES string of the molecule is Cc1nn(C)c2nc(-c3cccs3)cc(C(=O)N3CCN(c4ccc([N+](=O)[O-])cn4)CC3)c12. The number of thiophene rings is 1. The van der Waals surface area contributed by atoms with Crippen LogP contribution in [0.15, 0.2) is 41.9 Å². The number of amides is 1. The molecule has 0 aliphatic carbocycles. The molecule has 1 aliphatic heterocycles. The van der Waals surface area contributed by atoms with Crippen molar-refractivity contribution in [2.24, 2.45) is 7.05 Å². The van der Waals surface area contributed by atoms with Gasteiger partial charge in [-0.15, -0.1) is 11.3 Å². The van der Waals surface area contributed by atoms with Gasteiger partial charge < -0.3 is 9.80 Å². The maximum absolute atomic E-state index is 13.6. The number of carbonyl (C=O) groups is 1. The summed E-state index contributed by atoms with van der Waals surface area (Å²) >= 11 is 1.58. The van der Waals surface area contributed by atoms with Gasteiger partial charge in [0.1, 0.15) is 12.0 Å². The Balaban J connectivity index is 1.41. The van der Waals surface area contributed by atoms with Crippen LogP contribution < -0.4 is 4.90 Å². The smallest absolute Gasteiger partial charge is 0.287 e. The van der Waals surface area contributed by atoms with Crippen LogP contribution in [0, 0.1) is 17.0 Å². The number of fused-ring (bicyclic) bond motifs is 1. The number of aromatic nitrogens is 4. The number of nitrogens with zero attached hydrogens (tertiary/aromatic N) is 7. The summed E-state index contributed by atoms with van der Waals surface area (Å²) in [6.45, 7) is 4.12. The van der Waals surface area contributed by atoms with E-state index < -0.39 is 4.92 Å². The molecule has 1 amide bonds. The second-order valence-corrected chi connectivity index (χ2v) is 8.80. The van der Waals surface area contributed by atoms with Crippen molar-refractivity contribution in [1.29, 1.82) is 0 Å². The van der Waals surface area contributed by atoms with Gasteiger partial charge in [0.25, 0.3) is 11.6 Å². The van der Waals surface area contributed by atoms with Crippen molar-refractivity contribution in [3.05, 3.63) is 63.3 Å². The van der Waals surface area contributed by atoms with Crippen LogP contribution in [0.3, 0.4) is 0 Å². The van der Waals surface area contributed by atoms with E-state index in [2.05, 4.69) is 10.1 Å². The summed E-state index contributed by atoms with van der Waals surface area (Å²) in [6.07, 6.45) is 1.26.